The number of nitrogens with one attached hydrogen (secondary N) is 14. The number of rotatable bonds is 50. The van der Waals surface area contributed by atoms with E-state index in [1.165, 1.54) is 34.6 Å². The number of carbonyl (C=O) groups excluding carboxylic acids is 19. The Morgan fingerprint density at radius 1 is 0.379 bits per heavy atom. The van der Waals surface area contributed by atoms with Gasteiger partial charge in [-0.15, -0.1) is 0 Å². The zero-order valence-corrected chi connectivity index (χ0v) is 75.7. The summed E-state index contributed by atoms with van der Waals surface area (Å²) in [6.07, 6.45) is 1.18. The molecule has 124 heavy (non-hydrogen) atoms. The molecule has 0 aromatic rings. The monoisotopic (exact) mass is 1760 g/mol. The van der Waals surface area contributed by atoms with Gasteiger partial charge in [-0.3, -0.25) is 91.1 Å². The SMILES string of the molecule is CCCCCCCCCC(=O)N[C@@H](CC(C)C)C(=O)N[C@H](CCC(=O)O)C(=O)N[C@H](CCC(N)=O)C(=O)N[C@@H](C(=O)N[C@H](CC(C)C)C(=O)N[C@@H](CCC(N)=O)C(=O)N[C@@H]1COC(=O)[C@@H]([C@H](C)CC)NC(=O)[C@@H](CCC(N)=O)NC(=O)[C@H](CC(C)C)NC(=O)[C@H](CC(C)C)NC(=O)[C@@H](CCC(N)=O)NC(=O)[C@@H](CC(C)C)NC(=O)[C@@H](C(C)C)NC1=O)C(C)C. The predicted molar refractivity (Wildman–Crippen MR) is 458 cm³/mol. The Hall–Kier alpha value is -10.6. The molecule has 704 valence electrons. The number of cyclic esters (lactones) is 1. The maximum atomic E-state index is 15.1. The first-order chi connectivity index (χ1) is 57.9. The molecule has 0 bridgehead atoms. The first kappa shape index (κ1) is 111. The summed E-state index contributed by atoms with van der Waals surface area (Å²) in [6, 6.07) is -22.6. The van der Waals surface area contributed by atoms with Crippen molar-refractivity contribution in [1.82, 2.24) is 74.4 Å². The van der Waals surface area contributed by atoms with Gasteiger partial charge in [-0.2, -0.15) is 0 Å². The quantitative estimate of drug-likeness (QED) is 0.0281. The molecule has 0 aromatic carbocycles. The fraction of sp³-hybridized carbons (Fsp3) is 0.762. The molecule has 40 heteroatoms. The molecule has 0 unspecified atom stereocenters. The van der Waals surface area contributed by atoms with Gasteiger partial charge in [-0.1, -0.05) is 163 Å². The van der Waals surface area contributed by atoms with Crippen molar-refractivity contribution >= 4 is 118 Å². The van der Waals surface area contributed by atoms with Crippen LogP contribution in [0, 0.1) is 47.3 Å². The molecule has 0 aliphatic carbocycles. The highest BCUT2D eigenvalue weighted by Gasteiger charge is 2.41. The van der Waals surface area contributed by atoms with Crippen molar-refractivity contribution < 1.29 is 106 Å². The topological polar surface area (TPSA) is 643 Å². The number of nitrogens with two attached hydrogens (primary N) is 4. The lowest BCUT2D eigenvalue weighted by Crippen LogP contribution is -2.62. The van der Waals surface area contributed by atoms with Crippen molar-refractivity contribution in [2.75, 3.05) is 6.61 Å². The number of hydrogen-bond donors (Lipinski definition) is 19. The number of carboxylic acid groups (broad SMARTS) is 1. The molecule has 0 radical (unpaired) electrons. The number of aliphatic carboxylic acids is 1. The van der Waals surface area contributed by atoms with Crippen LogP contribution in [0.25, 0.3) is 0 Å². The molecule has 0 aromatic heterocycles. The Kier molecular flexibility index (Phi) is 51.9. The molecule has 1 aliphatic rings. The van der Waals surface area contributed by atoms with E-state index in [4.69, 9.17) is 27.7 Å². The summed E-state index contributed by atoms with van der Waals surface area (Å²) >= 11 is 0. The van der Waals surface area contributed by atoms with E-state index >= 15 is 9.59 Å². The molecule has 1 saturated heterocycles. The molecule has 0 saturated carbocycles. The summed E-state index contributed by atoms with van der Waals surface area (Å²) in [5, 5.41) is 45.7. The molecular formula is C84H146N18O22. The summed E-state index contributed by atoms with van der Waals surface area (Å²) in [6.45, 7) is 27.4. The van der Waals surface area contributed by atoms with Crippen LogP contribution in [0.5, 0.6) is 0 Å². The molecule has 1 aliphatic heterocycles. The first-order valence-electron chi connectivity index (χ1n) is 43.7. The Morgan fingerprint density at radius 3 is 1.13 bits per heavy atom. The van der Waals surface area contributed by atoms with Gasteiger partial charge in [0.15, 0.2) is 0 Å². The van der Waals surface area contributed by atoms with Crippen molar-refractivity contribution in [3.05, 3.63) is 0 Å². The minimum absolute atomic E-state index is 0.0444. The number of ether oxygens (including phenoxy) is 1. The smallest absolute Gasteiger partial charge is 0.329 e. The third-order valence-electron chi connectivity index (χ3n) is 20.5. The summed E-state index contributed by atoms with van der Waals surface area (Å²) in [5.41, 5.74) is 22.2. The van der Waals surface area contributed by atoms with Gasteiger partial charge in [-0.05, 0) is 118 Å². The van der Waals surface area contributed by atoms with Gasteiger partial charge in [0, 0.05) is 38.5 Å². The van der Waals surface area contributed by atoms with Gasteiger partial charge in [0.25, 0.3) is 0 Å². The van der Waals surface area contributed by atoms with E-state index in [9.17, 15) is 91.4 Å². The summed E-state index contributed by atoms with van der Waals surface area (Å²) in [4.78, 5) is 280. The van der Waals surface area contributed by atoms with Crippen LogP contribution in [0.1, 0.15) is 272 Å². The summed E-state index contributed by atoms with van der Waals surface area (Å²) < 4.78 is 5.80. The average molecular weight is 1760 g/mol. The number of primary amides is 4. The fourth-order valence-electron chi connectivity index (χ4n) is 13.4. The number of carbonyl (C=O) groups is 20. The first-order valence-corrected chi connectivity index (χ1v) is 43.7. The maximum Gasteiger partial charge on any atom is 0.329 e. The van der Waals surface area contributed by atoms with Crippen molar-refractivity contribution in [3.8, 4) is 0 Å². The molecule has 15 atom stereocenters. The normalized spacial score (nSPS) is 20.4. The van der Waals surface area contributed by atoms with Crippen molar-refractivity contribution in [1.29, 1.82) is 0 Å². The number of carboxylic acids is 1. The highest BCUT2D eigenvalue weighted by molar-refractivity contribution is 6.01. The van der Waals surface area contributed by atoms with Crippen molar-refractivity contribution in [3.63, 3.8) is 0 Å². The van der Waals surface area contributed by atoms with Gasteiger partial charge in [0.2, 0.25) is 106 Å². The molecular weight excluding hydrogens is 1610 g/mol. The average Bonchev–Trinajstić information content (AvgIpc) is 0.983. The van der Waals surface area contributed by atoms with Crippen LogP contribution in [-0.4, -0.2) is 215 Å². The van der Waals surface area contributed by atoms with Crippen molar-refractivity contribution in [2.24, 2.45) is 70.3 Å². The van der Waals surface area contributed by atoms with E-state index in [0.29, 0.717) is 6.42 Å². The predicted octanol–water partition coefficient (Wildman–Crippen LogP) is -0.0135. The van der Waals surface area contributed by atoms with Gasteiger partial charge < -0.3 is 107 Å². The number of amides is 18. The zero-order chi connectivity index (χ0) is 94.5. The van der Waals surface area contributed by atoms with Crippen molar-refractivity contribution in [2.45, 2.75) is 356 Å². The second-order valence-corrected chi connectivity index (χ2v) is 35.2. The Bertz CT molecular complexity index is 3590. The fourth-order valence-corrected chi connectivity index (χ4v) is 13.4. The standard InChI is InChI=1S/C84H146N18O22/c1-18-20-21-22-23-24-25-26-66(107)89-56(37-43(3)4)76(115)94-55(31-36-67(108)109)71(110)90-53(29-34-64(87)105)74(113)100-68(48(13)14)82(121)97-60(41-47(11)12)79(118)92-52(28-33-63(86)104)73(112)99-61-42-124-84(123)70(50(17)19-2)102-75(114)54(30-35-65(88)106)93-77(116)57(38-44(5)6)96-80(119)58(39-45(7)8)95-72(111)51(27-32-62(85)103)91-78(117)59(40-46(9)10)98-83(122)69(49(15)16)101-81(61)120/h43-61,68-70H,18-42H2,1-17H3,(H2,85,103)(H2,86,104)(H2,87,105)(H2,88,106)(H,89,107)(H,90,110)(H,91,117)(H,92,118)(H,93,116)(H,94,115)(H,95,111)(H,96,119)(H,97,121)(H,98,122)(H,99,112)(H,100,113)(H,101,120)(H,102,114)(H,108,109)/t50-,51-,52+,53-,54-,55-,56+,57+,58+,59-,60-,61-,68-,69-,70-/m1/s1. The van der Waals surface area contributed by atoms with Crippen LogP contribution >= 0.6 is 0 Å². The van der Waals surface area contributed by atoms with Gasteiger partial charge in [0.05, 0.1) is 0 Å². The Labute approximate surface area is 728 Å². The molecule has 1 rings (SSSR count). The third-order valence-corrected chi connectivity index (χ3v) is 20.5. The largest absolute Gasteiger partial charge is 0.481 e. The van der Waals surface area contributed by atoms with Gasteiger partial charge in [-0.25, -0.2) is 4.79 Å². The van der Waals surface area contributed by atoms with Crippen LogP contribution in [-0.2, 0) is 101 Å². The lowest BCUT2D eigenvalue weighted by Gasteiger charge is -2.30. The van der Waals surface area contributed by atoms with E-state index in [1.807, 2.05) is 0 Å². The summed E-state index contributed by atoms with van der Waals surface area (Å²) in [7, 11) is 0. The molecule has 18 amide bonds. The number of esters is 1. The van der Waals surface area contributed by atoms with E-state index in [0.717, 1.165) is 38.5 Å². The van der Waals surface area contributed by atoms with Crippen LogP contribution in [0.2, 0.25) is 0 Å². The number of hydrogen-bond acceptors (Lipinski definition) is 21. The van der Waals surface area contributed by atoms with E-state index in [-0.39, 0.29) is 68.6 Å². The van der Waals surface area contributed by atoms with Crippen LogP contribution in [0.15, 0.2) is 0 Å². The van der Waals surface area contributed by atoms with Crippen LogP contribution in [0.4, 0.5) is 0 Å². The summed E-state index contributed by atoms with van der Waals surface area (Å²) in [5.74, 6) is -24.5. The molecule has 1 fully saturated rings. The zero-order valence-electron chi connectivity index (χ0n) is 75.7. The highest BCUT2D eigenvalue weighted by Crippen LogP contribution is 2.19. The lowest BCUT2D eigenvalue weighted by molar-refractivity contribution is -0.152. The third kappa shape index (κ3) is 44.6. The minimum atomic E-state index is -2.10. The molecule has 1 heterocycles. The van der Waals surface area contributed by atoms with Gasteiger partial charge >= 0.3 is 11.9 Å². The van der Waals surface area contributed by atoms with E-state index in [2.05, 4.69) is 81.4 Å². The lowest BCUT2D eigenvalue weighted by atomic mass is 9.97. The highest BCUT2D eigenvalue weighted by atomic mass is 16.5. The van der Waals surface area contributed by atoms with Gasteiger partial charge in [0.1, 0.15) is 91.2 Å². The van der Waals surface area contributed by atoms with E-state index in [1.54, 1.807) is 76.2 Å². The minimum Gasteiger partial charge on any atom is -0.481 e. The van der Waals surface area contributed by atoms with E-state index < -0.39 is 297 Å². The van der Waals surface area contributed by atoms with Crippen LogP contribution < -0.4 is 97.4 Å². The molecule has 0 spiro atoms. The Balaban J connectivity index is 4.23. The number of unbranched alkanes of at least 4 members (excludes halogenated alkanes) is 6. The Morgan fingerprint density at radius 2 is 0.734 bits per heavy atom. The maximum absolute atomic E-state index is 15.1. The van der Waals surface area contributed by atoms with Crippen LogP contribution in [0.3, 0.4) is 0 Å². The second kappa shape index (κ2) is 57.8. The molecule has 40 nitrogen and oxygen atoms in total. The second-order valence-electron chi connectivity index (χ2n) is 35.2. The molecule has 23 N–H and O–H groups in total.